The number of likely N-dealkylation sites (tertiary alicyclic amines) is 1. The molecule has 1 unspecified atom stereocenters. The zero-order valence-corrected chi connectivity index (χ0v) is 16.1. The van der Waals surface area contributed by atoms with Crippen LogP contribution in [0.25, 0.3) is 22.0 Å². The average Bonchev–Trinajstić information content (AvgIpc) is 3.19. The van der Waals surface area contributed by atoms with Gasteiger partial charge in [-0.05, 0) is 61.6 Å². The Bertz CT molecular complexity index is 907. The van der Waals surface area contributed by atoms with Gasteiger partial charge in [-0.15, -0.1) is 0 Å². The third-order valence-electron chi connectivity index (χ3n) is 5.54. The molecule has 0 radical (unpaired) electrons. The van der Waals surface area contributed by atoms with E-state index in [1.807, 2.05) is 12.1 Å². The maximum Gasteiger partial charge on any atom is 0.134 e. The lowest BCUT2D eigenvalue weighted by Crippen LogP contribution is -2.34. The third kappa shape index (κ3) is 3.76. The second kappa shape index (κ2) is 7.97. The fourth-order valence-electron chi connectivity index (χ4n) is 4.00. The van der Waals surface area contributed by atoms with Crippen LogP contribution in [0.5, 0.6) is 5.75 Å². The molecule has 1 fully saturated rings. The number of likely N-dealkylation sites (N-methyl/N-ethyl adjacent to an activating group) is 1. The van der Waals surface area contributed by atoms with E-state index in [4.69, 9.17) is 9.72 Å². The first-order chi connectivity index (χ1) is 13.3. The minimum atomic E-state index is 0.597. The normalized spacial score (nSPS) is 17.3. The summed E-state index contributed by atoms with van der Waals surface area (Å²) >= 11 is 0. The van der Waals surface area contributed by atoms with E-state index in [0.29, 0.717) is 6.04 Å². The first kappa shape index (κ1) is 17.8. The molecule has 1 aliphatic heterocycles. The number of anilines is 1. The summed E-state index contributed by atoms with van der Waals surface area (Å²) in [5.41, 5.74) is 2.08. The lowest BCUT2D eigenvalue weighted by molar-refractivity contribution is 0.277. The first-order valence-corrected chi connectivity index (χ1v) is 9.80. The highest BCUT2D eigenvalue weighted by atomic mass is 16.5. The van der Waals surface area contributed by atoms with Crippen molar-refractivity contribution in [2.75, 3.05) is 32.1 Å². The number of aromatic nitrogens is 1. The van der Waals surface area contributed by atoms with E-state index in [9.17, 15) is 0 Å². The number of nitrogens with one attached hydrogen (secondary N) is 1. The molecule has 1 aliphatic rings. The van der Waals surface area contributed by atoms with Crippen molar-refractivity contribution in [2.24, 2.45) is 0 Å². The highest BCUT2D eigenvalue weighted by Crippen LogP contribution is 2.29. The number of benzene rings is 2. The lowest BCUT2D eigenvalue weighted by Gasteiger charge is -2.23. The van der Waals surface area contributed by atoms with Crippen LogP contribution in [0.3, 0.4) is 0 Å². The fraction of sp³-hybridized carbons (Fsp3) is 0.348. The van der Waals surface area contributed by atoms with Gasteiger partial charge in [0.25, 0.3) is 0 Å². The molecule has 3 aromatic rings. The summed E-state index contributed by atoms with van der Waals surface area (Å²) in [6.45, 7) is 5.52. The topological polar surface area (TPSA) is 37.4 Å². The van der Waals surface area contributed by atoms with Crippen molar-refractivity contribution in [2.45, 2.75) is 25.8 Å². The summed E-state index contributed by atoms with van der Waals surface area (Å²) in [7, 11) is 1.69. The van der Waals surface area contributed by atoms with Crippen molar-refractivity contribution in [3.05, 3.63) is 54.6 Å². The zero-order chi connectivity index (χ0) is 18.6. The zero-order valence-electron chi connectivity index (χ0n) is 16.1. The number of rotatable bonds is 6. The largest absolute Gasteiger partial charge is 0.497 e. The predicted molar refractivity (Wildman–Crippen MR) is 112 cm³/mol. The molecule has 140 valence electrons. The Morgan fingerprint density at radius 3 is 2.74 bits per heavy atom. The van der Waals surface area contributed by atoms with Gasteiger partial charge in [0.05, 0.1) is 12.8 Å². The number of methoxy groups -OCH3 is 1. The number of pyridine rings is 1. The molecule has 2 aromatic carbocycles. The van der Waals surface area contributed by atoms with Gasteiger partial charge in [-0.2, -0.15) is 0 Å². The van der Waals surface area contributed by atoms with Crippen molar-refractivity contribution in [3.63, 3.8) is 0 Å². The Balaban J connectivity index is 1.65. The van der Waals surface area contributed by atoms with Gasteiger partial charge in [0.2, 0.25) is 0 Å². The summed E-state index contributed by atoms with van der Waals surface area (Å²) in [6.07, 6.45) is 2.55. The van der Waals surface area contributed by atoms with Crippen molar-refractivity contribution < 1.29 is 4.74 Å². The van der Waals surface area contributed by atoms with Gasteiger partial charge in [0.1, 0.15) is 11.6 Å². The quantitative estimate of drug-likeness (QED) is 0.684. The molecule has 4 heteroatoms. The molecule has 1 N–H and O–H groups in total. The van der Waals surface area contributed by atoms with Gasteiger partial charge < -0.3 is 10.1 Å². The van der Waals surface area contributed by atoms with E-state index >= 15 is 0 Å². The number of hydrogen-bond donors (Lipinski definition) is 1. The Labute approximate surface area is 161 Å². The second-order valence-electron chi connectivity index (χ2n) is 7.11. The molecule has 2 heterocycles. The van der Waals surface area contributed by atoms with E-state index in [2.05, 4.69) is 59.6 Å². The third-order valence-corrected chi connectivity index (χ3v) is 5.54. The highest BCUT2D eigenvalue weighted by Gasteiger charge is 2.22. The molecule has 0 spiro atoms. The Morgan fingerprint density at radius 1 is 1.15 bits per heavy atom. The van der Waals surface area contributed by atoms with Crippen LogP contribution in [0.15, 0.2) is 54.6 Å². The summed E-state index contributed by atoms with van der Waals surface area (Å²) in [4.78, 5) is 7.53. The van der Waals surface area contributed by atoms with Crippen molar-refractivity contribution >= 4 is 16.6 Å². The number of hydrogen-bond acceptors (Lipinski definition) is 4. The standard InChI is InChI=1S/C23H27N3O/c1-3-26-14-6-8-19(26)16-24-23-21-9-5-4-7-18(21)15-22(25-23)17-10-12-20(27-2)13-11-17/h4-5,7,9-13,15,19H,3,6,8,14,16H2,1-2H3,(H,24,25). The van der Waals surface area contributed by atoms with Crippen molar-refractivity contribution in [1.29, 1.82) is 0 Å². The van der Waals surface area contributed by atoms with Crippen LogP contribution in [0.1, 0.15) is 19.8 Å². The molecule has 1 aromatic heterocycles. The minimum absolute atomic E-state index is 0.597. The smallest absolute Gasteiger partial charge is 0.134 e. The molecule has 0 saturated carbocycles. The van der Waals surface area contributed by atoms with Crippen LogP contribution in [0, 0.1) is 0 Å². The lowest BCUT2D eigenvalue weighted by atomic mass is 10.1. The van der Waals surface area contributed by atoms with Crippen molar-refractivity contribution in [3.8, 4) is 17.0 Å². The number of nitrogens with zero attached hydrogens (tertiary/aromatic N) is 2. The fourth-order valence-corrected chi connectivity index (χ4v) is 4.00. The van der Waals surface area contributed by atoms with Gasteiger partial charge in [0.15, 0.2) is 0 Å². The van der Waals surface area contributed by atoms with E-state index in [-0.39, 0.29) is 0 Å². The minimum Gasteiger partial charge on any atom is -0.497 e. The van der Waals surface area contributed by atoms with Gasteiger partial charge in [-0.3, -0.25) is 4.90 Å². The van der Waals surface area contributed by atoms with Gasteiger partial charge in [0, 0.05) is 23.5 Å². The molecule has 4 nitrogen and oxygen atoms in total. The Morgan fingerprint density at radius 2 is 1.96 bits per heavy atom. The van der Waals surface area contributed by atoms with Crippen LogP contribution in [0.4, 0.5) is 5.82 Å². The maximum atomic E-state index is 5.28. The van der Waals surface area contributed by atoms with Crippen LogP contribution >= 0.6 is 0 Å². The highest BCUT2D eigenvalue weighted by molar-refractivity contribution is 5.94. The summed E-state index contributed by atoms with van der Waals surface area (Å²) in [5, 5.41) is 6.03. The van der Waals surface area contributed by atoms with Gasteiger partial charge >= 0.3 is 0 Å². The molecular weight excluding hydrogens is 334 g/mol. The molecule has 0 aliphatic carbocycles. The number of ether oxygens (including phenoxy) is 1. The molecule has 0 amide bonds. The summed E-state index contributed by atoms with van der Waals surface area (Å²) in [6, 6.07) is 19.3. The SMILES string of the molecule is CCN1CCCC1CNc1nc(-c2ccc(OC)cc2)cc2ccccc12. The van der Waals surface area contributed by atoms with Crippen LogP contribution in [0.2, 0.25) is 0 Å². The maximum absolute atomic E-state index is 5.28. The average molecular weight is 361 g/mol. The molecule has 27 heavy (non-hydrogen) atoms. The van der Waals surface area contributed by atoms with Crippen molar-refractivity contribution in [1.82, 2.24) is 9.88 Å². The van der Waals surface area contributed by atoms with E-state index in [1.54, 1.807) is 7.11 Å². The molecule has 1 atom stereocenters. The first-order valence-electron chi connectivity index (χ1n) is 9.80. The second-order valence-corrected chi connectivity index (χ2v) is 7.11. The monoisotopic (exact) mass is 361 g/mol. The summed E-state index contributed by atoms with van der Waals surface area (Å²) in [5.74, 6) is 1.83. The van der Waals surface area contributed by atoms with Crippen LogP contribution in [-0.2, 0) is 0 Å². The Hall–Kier alpha value is -2.59. The summed E-state index contributed by atoms with van der Waals surface area (Å²) < 4.78 is 5.28. The van der Waals surface area contributed by atoms with Gasteiger partial charge in [-0.1, -0.05) is 31.2 Å². The molecular formula is C23H27N3O. The number of fused-ring (bicyclic) bond motifs is 1. The van der Waals surface area contributed by atoms with Crippen LogP contribution in [-0.4, -0.2) is 42.7 Å². The van der Waals surface area contributed by atoms with Gasteiger partial charge in [-0.25, -0.2) is 4.98 Å². The predicted octanol–water partition coefficient (Wildman–Crippen LogP) is 4.81. The molecule has 4 rings (SSSR count). The molecule has 1 saturated heterocycles. The molecule has 0 bridgehead atoms. The Kier molecular flexibility index (Phi) is 5.26. The van der Waals surface area contributed by atoms with E-state index in [0.717, 1.165) is 35.9 Å². The van der Waals surface area contributed by atoms with E-state index < -0.39 is 0 Å². The van der Waals surface area contributed by atoms with E-state index in [1.165, 1.54) is 30.2 Å². The van der Waals surface area contributed by atoms with Crippen LogP contribution < -0.4 is 10.1 Å².